The summed E-state index contributed by atoms with van der Waals surface area (Å²) in [6.45, 7) is 2.90. The Bertz CT molecular complexity index is 60.0. The van der Waals surface area contributed by atoms with Crippen molar-refractivity contribution in [2.75, 3.05) is 13.6 Å². The van der Waals surface area contributed by atoms with Crippen LogP contribution in [-0.2, 0) is 0 Å². The Kier molecular flexibility index (Phi) is 3.10. The molecule has 0 bridgehead atoms. The van der Waals surface area contributed by atoms with E-state index in [1.54, 1.807) is 5.01 Å². The van der Waals surface area contributed by atoms with Crippen molar-refractivity contribution in [2.45, 2.75) is 6.92 Å². The maximum atomic E-state index is 4.97. The van der Waals surface area contributed by atoms with E-state index in [4.69, 9.17) is 5.73 Å². The first-order valence-electron chi connectivity index (χ1n) is 2.26. The first-order chi connectivity index (χ1) is 3.31. The molecule has 0 rings (SSSR count). The van der Waals surface area contributed by atoms with Gasteiger partial charge in [-0.05, 0) is 6.92 Å². The van der Waals surface area contributed by atoms with Crippen LogP contribution in [0.25, 0.3) is 0 Å². The molecule has 0 spiro atoms. The van der Waals surface area contributed by atoms with E-state index in [0.717, 1.165) is 6.54 Å². The molecule has 0 saturated carbocycles. The molecular formula is C4H11N3. The minimum absolute atomic E-state index is 0.897. The summed E-state index contributed by atoms with van der Waals surface area (Å²) in [7, 11) is 1.86. The van der Waals surface area contributed by atoms with Gasteiger partial charge in [0.05, 0.1) is 0 Å². The average Bonchev–Trinajstić information content (AvgIpc) is 1.68. The molecular weight excluding hydrogens is 90.1 g/mol. The van der Waals surface area contributed by atoms with Gasteiger partial charge in [0.15, 0.2) is 0 Å². The zero-order chi connectivity index (χ0) is 5.70. The fourth-order valence-corrected chi connectivity index (χ4v) is 0.195. The first kappa shape index (κ1) is 6.27. The van der Waals surface area contributed by atoms with Gasteiger partial charge in [0, 0.05) is 13.6 Å². The zero-order valence-electron chi connectivity index (χ0n) is 4.76. The highest BCUT2D eigenvalue weighted by atomic mass is 15.4. The van der Waals surface area contributed by atoms with E-state index in [1.165, 1.54) is 6.34 Å². The van der Waals surface area contributed by atoms with Crippen LogP contribution < -0.4 is 5.73 Å². The second kappa shape index (κ2) is 3.46. The predicted octanol–water partition coefficient (Wildman–Crippen LogP) is -0.160. The molecule has 0 aliphatic carbocycles. The van der Waals surface area contributed by atoms with Crippen LogP contribution in [0.3, 0.4) is 0 Å². The van der Waals surface area contributed by atoms with E-state index in [-0.39, 0.29) is 0 Å². The van der Waals surface area contributed by atoms with Gasteiger partial charge in [-0.15, -0.1) is 0 Å². The lowest BCUT2D eigenvalue weighted by atomic mass is 10.7. The standard InChI is InChI=1S/C4H11N3/c1-3-7(2)6-4-5/h4H,3H2,1-2H3,(H2,5,6). The van der Waals surface area contributed by atoms with Crippen molar-refractivity contribution in [3.05, 3.63) is 0 Å². The molecule has 0 heterocycles. The molecule has 0 aromatic heterocycles. The minimum Gasteiger partial charge on any atom is -0.388 e. The van der Waals surface area contributed by atoms with Crippen LogP contribution in [0.1, 0.15) is 6.92 Å². The Morgan fingerprint density at radius 3 is 2.57 bits per heavy atom. The van der Waals surface area contributed by atoms with Crippen LogP contribution in [0.4, 0.5) is 0 Å². The van der Waals surface area contributed by atoms with Crippen LogP contribution in [0.5, 0.6) is 0 Å². The molecule has 0 unspecified atom stereocenters. The van der Waals surface area contributed by atoms with Crippen LogP contribution in [0, 0.1) is 0 Å². The summed E-state index contributed by atoms with van der Waals surface area (Å²) >= 11 is 0. The average molecular weight is 101 g/mol. The number of nitrogens with zero attached hydrogens (tertiary/aromatic N) is 2. The van der Waals surface area contributed by atoms with Crippen LogP contribution >= 0.6 is 0 Å². The van der Waals surface area contributed by atoms with E-state index >= 15 is 0 Å². The lowest BCUT2D eigenvalue weighted by Crippen LogP contribution is -2.10. The monoisotopic (exact) mass is 101 g/mol. The summed E-state index contributed by atoms with van der Waals surface area (Å²) in [6, 6.07) is 0. The summed E-state index contributed by atoms with van der Waals surface area (Å²) in [4.78, 5) is 0. The molecule has 2 N–H and O–H groups in total. The van der Waals surface area contributed by atoms with E-state index < -0.39 is 0 Å². The van der Waals surface area contributed by atoms with E-state index in [0.29, 0.717) is 0 Å². The van der Waals surface area contributed by atoms with Crippen molar-refractivity contribution in [2.24, 2.45) is 10.8 Å². The Balaban J connectivity index is 3.16. The summed E-state index contributed by atoms with van der Waals surface area (Å²) in [5.74, 6) is 0. The van der Waals surface area contributed by atoms with E-state index in [9.17, 15) is 0 Å². The first-order valence-corrected chi connectivity index (χ1v) is 2.26. The van der Waals surface area contributed by atoms with Gasteiger partial charge in [0.1, 0.15) is 6.34 Å². The van der Waals surface area contributed by atoms with Crippen LogP contribution in [-0.4, -0.2) is 24.9 Å². The highest BCUT2D eigenvalue weighted by Crippen LogP contribution is 1.75. The summed E-state index contributed by atoms with van der Waals surface area (Å²) in [6.07, 6.45) is 1.28. The van der Waals surface area contributed by atoms with Crippen molar-refractivity contribution >= 4 is 6.34 Å². The number of hydrogen-bond acceptors (Lipinski definition) is 2. The molecule has 3 nitrogen and oxygen atoms in total. The minimum atomic E-state index is 0.897. The maximum Gasteiger partial charge on any atom is 0.106 e. The second-order valence-corrected chi connectivity index (χ2v) is 1.24. The number of hydrazone groups is 1. The number of rotatable bonds is 2. The fourth-order valence-electron chi connectivity index (χ4n) is 0.195. The van der Waals surface area contributed by atoms with Gasteiger partial charge in [0.25, 0.3) is 0 Å². The molecule has 0 aliphatic heterocycles. The van der Waals surface area contributed by atoms with Crippen molar-refractivity contribution in [3.63, 3.8) is 0 Å². The summed E-state index contributed by atoms with van der Waals surface area (Å²) < 4.78 is 0. The molecule has 0 aromatic rings. The van der Waals surface area contributed by atoms with Crippen molar-refractivity contribution in [1.29, 1.82) is 0 Å². The molecule has 0 saturated heterocycles. The van der Waals surface area contributed by atoms with Crippen molar-refractivity contribution < 1.29 is 0 Å². The molecule has 0 fully saturated rings. The third-order valence-electron chi connectivity index (χ3n) is 0.721. The highest BCUT2D eigenvalue weighted by Gasteiger charge is 1.77. The quantitative estimate of drug-likeness (QED) is 0.298. The maximum absolute atomic E-state index is 4.97. The normalized spacial score (nSPS) is 10.0. The van der Waals surface area contributed by atoms with Gasteiger partial charge in [-0.2, -0.15) is 5.10 Å². The zero-order valence-corrected chi connectivity index (χ0v) is 4.76. The third-order valence-corrected chi connectivity index (χ3v) is 0.721. The topological polar surface area (TPSA) is 41.6 Å². The van der Waals surface area contributed by atoms with Crippen LogP contribution in [0.15, 0.2) is 5.10 Å². The second-order valence-electron chi connectivity index (χ2n) is 1.24. The molecule has 42 valence electrons. The molecule has 0 aliphatic rings. The summed E-state index contributed by atoms with van der Waals surface area (Å²) in [5, 5.41) is 5.48. The molecule has 0 atom stereocenters. The Morgan fingerprint density at radius 2 is 2.43 bits per heavy atom. The van der Waals surface area contributed by atoms with Gasteiger partial charge in [0.2, 0.25) is 0 Å². The molecule has 0 amide bonds. The lowest BCUT2D eigenvalue weighted by Gasteiger charge is -2.05. The molecule has 3 heteroatoms. The SMILES string of the molecule is CCN(C)/N=C\N. The lowest BCUT2D eigenvalue weighted by molar-refractivity contribution is 0.377. The van der Waals surface area contributed by atoms with Gasteiger partial charge in [-0.1, -0.05) is 0 Å². The number of hydrogen-bond donors (Lipinski definition) is 1. The van der Waals surface area contributed by atoms with Crippen LogP contribution in [0.2, 0.25) is 0 Å². The third kappa shape index (κ3) is 3.09. The fraction of sp³-hybridized carbons (Fsp3) is 0.750. The van der Waals surface area contributed by atoms with Gasteiger partial charge < -0.3 is 5.73 Å². The van der Waals surface area contributed by atoms with Gasteiger partial charge in [-0.3, -0.25) is 5.01 Å². The highest BCUT2D eigenvalue weighted by molar-refractivity contribution is 5.50. The Labute approximate surface area is 43.8 Å². The predicted molar refractivity (Wildman–Crippen MR) is 31.0 cm³/mol. The van der Waals surface area contributed by atoms with Crippen molar-refractivity contribution in [3.8, 4) is 0 Å². The largest absolute Gasteiger partial charge is 0.388 e. The van der Waals surface area contributed by atoms with E-state index in [2.05, 4.69) is 5.10 Å². The number of nitrogens with two attached hydrogens (primary N) is 1. The Morgan fingerprint density at radius 1 is 1.86 bits per heavy atom. The molecule has 0 radical (unpaired) electrons. The molecule has 0 aromatic carbocycles. The smallest absolute Gasteiger partial charge is 0.106 e. The molecule has 7 heavy (non-hydrogen) atoms. The van der Waals surface area contributed by atoms with E-state index in [1.807, 2.05) is 14.0 Å². The Hall–Kier alpha value is -0.730. The van der Waals surface area contributed by atoms with Gasteiger partial charge in [-0.25, -0.2) is 0 Å². The van der Waals surface area contributed by atoms with Crippen molar-refractivity contribution in [1.82, 2.24) is 5.01 Å². The summed E-state index contributed by atoms with van der Waals surface area (Å²) in [5.41, 5.74) is 4.97. The van der Waals surface area contributed by atoms with Gasteiger partial charge >= 0.3 is 0 Å².